The Kier molecular flexibility index (Phi) is 9.78. The van der Waals surface area contributed by atoms with Crippen molar-refractivity contribution in [1.29, 1.82) is 0 Å². The minimum atomic E-state index is -4.00. The Morgan fingerprint density at radius 2 is 1.26 bits per heavy atom. The van der Waals surface area contributed by atoms with Crippen LogP contribution < -0.4 is 0 Å². The smallest absolute Gasteiger partial charge is 0.264 e. The fraction of sp³-hybridized carbons (Fsp3) is 0.478. The van der Waals surface area contributed by atoms with Gasteiger partial charge in [-0.25, -0.2) is 0 Å². The Balaban J connectivity index is 1.92. The highest BCUT2D eigenvalue weighted by Gasteiger charge is 2.50. The molecular weight excluding hydrogens is 500 g/mol. The highest BCUT2D eigenvalue weighted by atomic mass is 32.2. The van der Waals surface area contributed by atoms with Crippen molar-refractivity contribution in [3.8, 4) is 0 Å². The second-order valence-electron chi connectivity index (χ2n) is 8.05. The zero-order valence-corrected chi connectivity index (χ0v) is 21.3. The molecule has 0 radical (unpaired) electrons. The third-order valence-electron chi connectivity index (χ3n) is 5.13. The van der Waals surface area contributed by atoms with Gasteiger partial charge < -0.3 is 18.9 Å². The Labute approximate surface area is 206 Å². The van der Waals surface area contributed by atoms with E-state index in [4.69, 9.17) is 27.3 Å². The Morgan fingerprint density at radius 1 is 0.743 bits per heavy atom. The lowest BCUT2D eigenvalue weighted by molar-refractivity contribution is -0.308. The van der Waals surface area contributed by atoms with Crippen LogP contribution in [0.1, 0.15) is 11.1 Å². The topological polar surface area (TPSA) is 124 Å². The Hall–Kier alpha value is -1.90. The second kappa shape index (κ2) is 12.4. The molecule has 1 aliphatic rings. The summed E-state index contributed by atoms with van der Waals surface area (Å²) in [6.45, 7) is -0.234. The lowest BCUT2D eigenvalue weighted by Gasteiger charge is -2.44. The van der Waals surface area contributed by atoms with E-state index in [0.29, 0.717) is 0 Å². The SMILES string of the molecule is COC1OC(COS(C)(=O)=O)C(OS(C)(=O)=O)C(OCc2ccccc2)C1OCc1ccccc1. The zero-order valence-electron chi connectivity index (χ0n) is 19.7. The van der Waals surface area contributed by atoms with Gasteiger partial charge in [-0.3, -0.25) is 8.37 Å². The monoisotopic (exact) mass is 530 g/mol. The van der Waals surface area contributed by atoms with Gasteiger partial charge in [0.15, 0.2) is 6.29 Å². The number of hydrogen-bond donors (Lipinski definition) is 0. The van der Waals surface area contributed by atoms with Gasteiger partial charge in [-0.2, -0.15) is 16.8 Å². The first-order chi connectivity index (χ1) is 16.6. The number of ether oxygens (including phenoxy) is 4. The van der Waals surface area contributed by atoms with Gasteiger partial charge in [0.25, 0.3) is 20.2 Å². The van der Waals surface area contributed by atoms with Gasteiger partial charge in [-0.1, -0.05) is 60.7 Å². The maximum absolute atomic E-state index is 12.1. The maximum Gasteiger partial charge on any atom is 0.264 e. The van der Waals surface area contributed by atoms with E-state index < -0.39 is 57.5 Å². The lowest BCUT2D eigenvalue weighted by atomic mass is 9.98. The second-order valence-corrected chi connectivity index (χ2v) is 11.3. The van der Waals surface area contributed by atoms with Crippen molar-refractivity contribution < 1.29 is 44.1 Å². The number of hydrogen-bond acceptors (Lipinski definition) is 10. The minimum Gasteiger partial charge on any atom is -0.368 e. The molecule has 10 nitrogen and oxygen atoms in total. The van der Waals surface area contributed by atoms with Crippen molar-refractivity contribution >= 4 is 20.2 Å². The quantitative estimate of drug-likeness (QED) is 0.376. The van der Waals surface area contributed by atoms with E-state index in [0.717, 1.165) is 23.6 Å². The van der Waals surface area contributed by atoms with Crippen LogP contribution in [0, 0.1) is 0 Å². The standard InChI is InChI=1S/C23H30O10S2/c1-28-23-22(30-15-18-12-8-5-9-13-18)21(29-14-17-10-6-4-7-11-17)20(33-35(3,26)27)19(32-23)16-31-34(2,24)25/h4-13,19-23H,14-16H2,1-3H3. The Bertz CT molecular complexity index is 1120. The van der Waals surface area contributed by atoms with E-state index in [-0.39, 0.29) is 13.2 Å². The van der Waals surface area contributed by atoms with Gasteiger partial charge in [0.1, 0.15) is 24.4 Å². The molecule has 5 atom stereocenters. The summed E-state index contributed by atoms with van der Waals surface area (Å²) in [5.74, 6) is 0. The van der Waals surface area contributed by atoms with E-state index in [1.54, 1.807) is 0 Å². The van der Waals surface area contributed by atoms with E-state index in [9.17, 15) is 16.8 Å². The molecule has 0 saturated carbocycles. The van der Waals surface area contributed by atoms with Crippen LogP contribution in [0.15, 0.2) is 60.7 Å². The molecule has 0 aliphatic carbocycles. The highest BCUT2D eigenvalue weighted by molar-refractivity contribution is 7.86. The fourth-order valence-electron chi connectivity index (χ4n) is 3.61. The summed E-state index contributed by atoms with van der Waals surface area (Å²) in [5.41, 5.74) is 1.70. The van der Waals surface area contributed by atoms with Gasteiger partial charge in [0.05, 0.1) is 32.3 Å². The van der Waals surface area contributed by atoms with E-state index in [1.807, 2.05) is 60.7 Å². The zero-order chi connectivity index (χ0) is 25.5. The van der Waals surface area contributed by atoms with Crippen molar-refractivity contribution in [3.63, 3.8) is 0 Å². The highest BCUT2D eigenvalue weighted by Crippen LogP contribution is 2.31. The molecular formula is C23H30O10S2. The maximum atomic E-state index is 12.1. The van der Waals surface area contributed by atoms with E-state index in [1.165, 1.54) is 7.11 Å². The predicted octanol–water partition coefficient (Wildman–Crippen LogP) is 1.85. The third kappa shape index (κ3) is 8.92. The average molecular weight is 531 g/mol. The minimum absolute atomic E-state index is 0.108. The van der Waals surface area contributed by atoms with Crippen LogP contribution in [0.3, 0.4) is 0 Å². The van der Waals surface area contributed by atoms with Crippen molar-refractivity contribution in [2.75, 3.05) is 26.2 Å². The molecule has 2 aromatic carbocycles. The molecule has 194 valence electrons. The summed E-state index contributed by atoms with van der Waals surface area (Å²) in [5, 5.41) is 0. The molecule has 35 heavy (non-hydrogen) atoms. The van der Waals surface area contributed by atoms with E-state index >= 15 is 0 Å². The normalized spacial score (nSPS) is 25.4. The van der Waals surface area contributed by atoms with Crippen LogP contribution in [-0.2, 0) is 60.8 Å². The van der Waals surface area contributed by atoms with Crippen LogP contribution in [0.2, 0.25) is 0 Å². The Morgan fingerprint density at radius 3 is 1.71 bits per heavy atom. The summed E-state index contributed by atoms with van der Waals surface area (Å²) in [4.78, 5) is 0. The fourth-order valence-corrected chi connectivity index (χ4v) is 4.63. The molecule has 1 fully saturated rings. The average Bonchev–Trinajstić information content (AvgIpc) is 2.81. The number of methoxy groups -OCH3 is 1. The largest absolute Gasteiger partial charge is 0.368 e. The molecule has 1 heterocycles. The molecule has 12 heteroatoms. The molecule has 1 saturated heterocycles. The molecule has 0 amide bonds. The molecule has 0 aromatic heterocycles. The van der Waals surface area contributed by atoms with Crippen LogP contribution in [-0.4, -0.2) is 73.8 Å². The summed E-state index contributed by atoms with van der Waals surface area (Å²) in [6.07, 6.45) is -3.61. The van der Waals surface area contributed by atoms with Crippen LogP contribution in [0.5, 0.6) is 0 Å². The van der Waals surface area contributed by atoms with Crippen LogP contribution in [0.4, 0.5) is 0 Å². The summed E-state index contributed by atoms with van der Waals surface area (Å²) in [7, 11) is -6.45. The van der Waals surface area contributed by atoms with Gasteiger partial charge in [0, 0.05) is 7.11 Å². The van der Waals surface area contributed by atoms with Crippen LogP contribution in [0.25, 0.3) is 0 Å². The molecule has 2 aromatic rings. The molecule has 5 unspecified atom stereocenters. The van der Waals surface area contributed by atoms with Crippen molar-refractivity contribution in [1.82, 2.24) is 0 Å². The van der Waals surface area contributed by atoms with Crippen molar-refractivity contribution in [2.24, 2.45) is 0 Å². The summed E-state index contributed by atoms with van der Waals surface area (Å²) in [6, 6.07) is 18.6. The van der Waals surface area contributed by atoms with Crippen molar-refractivity contribution in [3.05, 3.63) is 71.8 Å². The third-order valence-corrected chi connectivity index (χ3v) is 6.26. The van der Waals surface area contributed by atoms with E-state index in [2.05, 4.69) is 0 Å². The molecule has 0 bridgehead atoms. The first kappa shape index (κ1) is 27.7. The number of rotatable bonds is 12. The molecule has 0 spiro atoms. The van der Waals surface area contributed by atoms with Gasteiger partial charge in [-0.15, -0.1) is 0 Å². The van der Waals surface area contributed by atoms with Crippen molar-refractivity contribution in [2.45, 2.75) is 43.9 Å². The lowest BCUT2D eigenvalue weighted by Crippen LogP contribution is -2.62. The van der Waals surface area contributed by atoms with Gasteiger partial charge >= 0.3 is 0 Å². The molecule has 0 N–H and O–H groups in total. The summed E-state index contributed by atoms with van der Waals surface area (Å²) < 4.78 is 81.3. The first-order valence-corrected chi connectivity index (χ1v) is 14.4. The first-order valence-electron chi connectivity index (χ1n) is 10.8. The summed E-state index contributed by atoms with van der Waals surface area (Å²) >= 11 is 0. The van der Waals surface area contributed by atoms with Crippen LogP contribution >= 0.6 is 0 Å². The number of benzene rings is 2. The molecule has 1 aliphatic heterocycles. The predicted molar refractivity (Wildman–Crippen MR) is 126 cm³/mol. The molecule has 3 rings (SSSR count). The van der Waals surface area contributed by atoms with Gasteiger partial charge in [-0.05, 0) is 11.1 Å². The van der Waals surface area contributed by atoms with Gasteiger partial charge in [0.2, 0.25) is 0 Å².